The van der Waals surface area contributed by atoms with E-state index in [1.54, 1.807) is 0 Å². The van der Waals surface area contributed by atoms with Gasteiger partial charge in [0.1, 0.15) is 17.2 Å². The molecule has 6 N–H and O–H groups in total. The summed E-state index contributed by atoms with van der Waals surface area (Å²) in [6.07, 6.45) is -0.899. The second-order valence-corrected chi connectivity index (χ2v) is 6.56. The smallest absolute Gasteiger partial charge is 0.249 e. The Morgan fingerprint density at radius 3 is 2.31 bits per heavy atom. The van der Waals surface area contributed by atoms with Crippen LogP contribution in [0, 0.1) is 17.6 Å². The average Bonchev–Trinajstić information content (AvgIpc) is 2.55. The molecule has 0 fully saturated rings. The second kappa shape index (κ2) is 9.56. The molecule has 1 aromatic rings. The van der Waals surface area contributed by atoms with Crippen molar-refractivity contribution < 1.29 is 33.8 Å². The largest absolute Gasteiger partial charge is 0.393 e. The fraction of sp³-hybridized carbons (Fsp3) is 0.529. The van der Waals surface area contributed by atoms with Crippen LogP contribution in [0.4, 0.5) is 8.78 Å². The number of hydroxylamine groups is 1. The van der Waals surface area contributed by atoms with Crippen LogP contribution in [-0.4, -0.2) is 38.9 Å². The Labute approximate surface area is 149 Å². The maximum Gasteiger partial charge on any atom is 0.249 e. The van der Waals surface area contributed by atoms with Gasteiger partial charge in [0.15, 0.2) is 0 Å². The van der Waals surface area contributed by atoms with Crippen molar-refractivity contribution in [3.05, 3.63) is 35.4 Å². The predicted molar refractivity (Wildman–Crippen MR) is 87.8 cm³/mol. The molecule has 0 aromatic heterocycles. The zero-order valence-corrected chi connectivity index (χ0v) is 14.4. The molecule has 1 rings (SSSR count). The highest BCUT2D eigenvalue weighted by atomic mass is 19.1. The number of carbonyl (C=O) groups excluding carboxylic acids is 2. The quantitative estimate of drug-likeness (QED) is 0.305. The predicted octanol–water partition coefficient (Wildman–Crippen LogP) is 0.786. The first-order chi connectivity index (χ1) is 12.0. The summed E-state index contributed by atoms with van der Waals surface area (Å²) < 4.78 is 26.3. The molecule has 0 aliphatic heterocycles. The number of carbonyl (C=O) groups is 2. The van der Waals surface area contributed by atoms with Gasteiger partial charge >= 0.3 is 0 Å². The first kappa shape index (κ1) is 21.9. The van der Waals surface area contributed by atoms with E-state index in [2.05, 4.69) is 0 Å². The van der Waals surface area contributed by atoms with Crippen LogP contribution in [0.15, 0.2) is 18.2 Å². The number of nitrogens with two attached hydrogens (primary N) is 1. The van der Waals surface area contributed by atoms with Crippen molar-refractivity contribution in [2.45, 2.75) is 50.7 Å². The van der Waals surface area contributed by atoms with Crippen molar-refractivity contribution in [3.63, 3.8) is 0 Å². The number of benzene rings is 1. The molecule has 0 spiro atoms. The van der Waals surface area contributed by atoms with E-state index in [4.69, 9.17) is 10.9 Å². The number of aliphatic hydroxyl groups excluding tert-OH is 1. The SMILES string of the molecule is CC(O)(CC[C@H](C[C@@H](O)CCc1cc(F)cc(F)c1)C(=O)NO)C(N)=O. The van der Waals surface area contributed by atoms with Gasteiger partial charge in [0.25, 0.3) is 0 Å². The van der Waals surface area contributed by atoms with Gasteiger partial charge in [0, 0.05) is 12.0 Å². The number of rotatable bonds is 10. The summed E-state index contributed by atoms with van der Waals surface area (Å²) in [5, 5.41) is 28.7. The van der Waals surface area contributed by atoms with E-state index in [0.717, 1.165) is 18.2 Å². The number of hydrogen-bond donors (Lipinski definition) is 5. The van der Waals surface area contributed by atoms with Gasteiger partial charge < -0.3 is 15.9 Å². The van der Waals surface area contributed by atoms with Crippen molar-refractivity contribution in [1.29, 1.82) is 0 Å². The Bertz CT molecular complexity index is 619. The lowest BCUT2D eigenvalue weighted by atomic mass is 9.88. The molecule has 0 saturated carbocycles. The summed E-state index contributed by atoms with van der Waals surface area (Å²) in [4.78, 5) is 22.8. The Balaban J connectivity index is 2.63. The minimum absolute atomic E-state index is 0.00597. The van der Waals surface area contributed by atoms with Crippen LogP contribution in [0.25, 0.3) is 0 Å². The van der Waals surface area contributed by atoms with Crippen LogP contribution < -0.4 is 11.2 Å². The van der Waals surface area contributed by atoms with E-state index in [9.17, 15) is 28.6 Å². The third-order valence-electron chi connectivity index (χ3n) is 4.24. The zero-order chi connectivity index (χ0) is 19.9. The van der Waals surface area contributed by atoms with Gasteiger partial charge in [-0.3, -0.25) is 14.8 Å². The molecule has 0 radical (unpaired) electrons. The van der Waals surface area contributed by atoms with Crippen LogP contribution in [0.3, 0.4) is 0 Å². The maximum atomic E-state index is 13.1. The van der Waals surface area contributed by atoms with E-state index in [-0.39, 0.29) is 32.1 Å². The fourth-order valence-corrected chi connectivity index (χ4v) is 2.56. The number of halogens is 2. The Morgan fingerprint density at radius 2 is 1.81 bits per heavy atom. The number of hydrogen-bond acceptors (Lipinski definition) is 5. The summed E-state index contributed by atoms with van der Waals surface area (Å²) >= 11 is 0. The van der Waals surface area contributed by atoms with Crippen molar-refractivity contribution in [1.82, 2.24) is 5.48 Å². The third kappa shape index (κ3) is 7.03. The molecule has 0 saturated heterocycles. The van der Waals surface area contributed by atoms with Crippen LogP contribution in [0.2, 0.25) is 0 Å². The molecular formula is C17H24F2N2O5. The van der Waals surface area contributed by atoms with Gasteiger partial charge in [-0.1, -0.05) is 0 Å². The van der Waals surface area contributed by atoms with Gasteiger partial charge in [-0.25, -0.2) is 14.3 Å². The number of aliphatic hydroxyl groups is 2. The van der Waals surface area contributed by atoms with Crippen molar-refractivity contribution in [2.24, 2.45) is 11.7 Å². The van der Waals surface area contributed by atoms with Gasteiger partial charge in [-0.05, 0) is 56.7 Å². The van der Waals surface area contributed by atoms with E-state index < -0.39 is 41.1 Å². The van der Waals surface area contributed by atoms with Crippen molar-refractivity contribution in [3.8, 4) is 0 Å². The minimum Gasteiger partial charge on any atom is -0.393 e. The number of amides is 2. The molecule has 1 unspecified atom stereocenters. The monoisotopic (exact) mass is 374 g/mol. The minimum atomic E-state index is -1.82. The number of nitrogens with one attached hydrogen (secondary N) is 1. The Hall–Kier alpha value is -2.10. The second-order valence-electron chi connectivity index (χ2n) is 6.56. The molecule has 0 aliphatic carbocycles. The Kier molecular flexibility index (Phi) is 8.07. The molecule has 0 bridgehead atoms. The summed E-state index contributed by atoms with van der Waals surface area (Å²) in [6.45, 7) is 1.21. The highest BCUT2D eigenvalue weighted by Gasteiger charge is 2.31. The summed E-state index contributed by atoms with van der Waals surface area (Å²) in [5.74, 6) is -4.05. The molecule has 0 heterocycles. The van der Waals surface area contributed by atoms with E-state index in [0.29, 0.717) is 5.56 Å². The lowest BCUT2D eigenvalue weighted by molar-refractivity contribution is -0.139. The van der Waals surface area contributed by atoms with Crippen LogP contribution >= 0.6 is 0 Å². The summed E-state index contributed by atoms with van der Waals surface area (Å²) in [6, 6.07) is 3.04. The number of aryl methyl sites for hydroxylation is 1. The lowest BCUT2D eigenvalue weighted by Gasteiger charge is -2.23. The van der Waals surface area contributed by atoms with Crippen LogP contribution in [-0.2, 0) is 16.0 Å². The molecule has 7 nitrogen and oxygen atoms in total. The highest BCUT2D eigenvalue weighted by Crippen LogP contribution is 2.22. The standard InChI is InChI=1S/C17H24F2N2O5/c1-17(25,16(20)24)5-4-11(15(23)21-26)8-14(22)3-2-10-6-12(18)9-13(19)7-10/h6-7,9,11,14,22,25-26H,2-5,8H2,1H3,(H2,20,24)(H,21,23)/t11-,14+,17?/m1/s1. The normalized spacial score (nSPS) is 15.8. The first-order valence-electron chi connectivity index (χ1n) is 8.14. The van der Waals surface area contributed by atoms with E-state index >= 15 is 0 Å². The fourth-order valence-electron chi connectivity index (χ4n) is 2.56. The molecule has 2 amide bonds. The Morgan fingerprint density at radius 1 is 1.23 bits per heavy atom. The van der Waals surface area contributed by atoms with Crippen LogP contribution in [0.5, 0.6) is 0 Å². The van der Waals surface area contributed by atoms with Gasteiger partial charge in [-0.2, -0.15) is 0 Å². The molecule has 3 atom stereocenters. The molecule has 146 valence electrons. The highest BCUT2D eigenvalue weighted by molar-refractivity contribution is 5.82. The summed E-state index contributed by atoms with van der Waals surface area (Å²) in [5.41, 5.74) is 5.07. The molecule has 1 aromatic carbocycles. The van der Waals surface area contributed by atoms with E-state index in [1.165, 1.54) is 12.4 Å². The van der Waals surface area contributed by atoms with Crippen molar-refractivity contribution >= 4 is 11.8 Å². The van der Waals surface area contributed by atoms with Crippen LogP contribution in [0.1, 0.15) is 38.2 Å². The zero-order valence-electron chi connectivity index (χ0n) is 14.4. The average molecular weight is 374 g/mol. The van der Waals surface area contributed by atoms with Gasteiger partial charge in [0.2, 0.25) is 11.8 Å². The lowest BCUT2D eigenvalue weighted by Crippen LogP contribution is -2.42. The molecular weight excluding hydrogens is 350 g/mol. The van der Waals surface area contributed by atoms with Gasteiger partial charge in [-0.15, -0.1) is 0 Å². The van der Waals surface area contributed by atoms with E-state index in [1.807, 2.05) is 0 Å². The maximum absolute atomic E-state index is 13.1. The molecule has 26 heavy (non-hydrogen) atoms. The number of primary amides is 1. The first-order valence-corrected chi connectivity index (χ1v) is 8.14. The molecule has 0 aliphatic rings. The topological polar surface area (TPSA) is 133 Å². The molecule has 9 heteroatoms. The third-order valence-corrected chi connectivity index (χ3v) is 4.24. The van der Waals surface area contributed by atoms with Gasteiger partial charge in [0.05, 0.1) is 6.10 Å². The van der Waals surface area contributed by atoms with Crippen molar-refractivity contribution in [2.75, 3.05) is 0 Å². The summed E-state index contributed by atoms with van der Waals surface area (Å²) in [7, 11) is 0.